The van der Waals surface area contributed by atoms with Gasteiger partial charge in [0.25, 0.3) is 0 Å². The molecule has 0 saturated heterocycles. The van der Waals surface area contributed by atoms with Crippen LogP contribution >= 0.6 is 0 Å². The topological polar surface area (TPSA) is 46.3 Å². The fraction of sp³-hybridized carbons (Fsp3) is 0.588. The third kappa shape index (κ3) is 3.21. The van der Waals surface area contributed by atoms with E-state index in [2.05, 4.69) is 30.9 Å². The number of aryl methyl sites for hydroxylation is 1. The van der Waals surface area contributed by atoms with Crippen LogP contribution in [0.3, 0.4) is 0 Å². The van der Waals surface area contributed by atoms with Gasteiger partial charge in [0.2, 0.25) is 5.91 Å². The molecule has 1 amide bonds. The number of carbonyl (C=O) groups is 1. The van der Waals surface area contributed by atoms with Gasteiger partial charge in [0, 0.05) is 12.6 Å². The summed E-state index contributed by atoms with van der Waals surface area (Å²) in [6.45, 7) is 5.61. The lowest BCUT2D eigenvalue weighted by Crippen LogP contribution is -2.44. The van der Waals surface area contributed by atoms with Gasteiger partial charge in [-0.15, -0.1) is 0 Å². The lowest BCUT2D eigenvalue weighted by Gasteiger charge is -2.32. The molecular formula is C17H26N2O. The standard InChI is InChI=1S/C17H26N2O/c1-3-19(16-10-6-9-15(16)12-18)17(20)11-14-8-5-4-7-13(14)2/h4-5,7-8,15-16H,3,6,9-12,18H2,1-2H3. The molecule has 1 aliphatic carbocycles. The highest BCUT2D eigenvalue weighted by molar-refractivity contribution is 5.79. The average Bonchev–Trinajstić information content (AvgIpc) is 2.90. The Balaban J connectivity index is 2.08. The van der Waals surface area contributed by atoms with Crippen molar-refractivity contribution in [3.8, 4) is 0 Å². The van der Waals surface area contributed by atoms with Crippen LogP contribution in [-0.2, 0) is 11.2 Å². The van der Waals surface area contributed by atoms with Gasteiger partial charge in [-0.3, -0.25) is 4.79 Å². The minimum Gasteiger partial charge on any atom is -0.339 e. The van der Waals surface area contributed by atoms with Crippen molar-refractivity contribution in [2.45, 2.75) is 45.6 Å². The summed E-state index contributed by atoms with van der Waals surface area (Å²) in [5.74, 6) is 0.725. The summed E-state index contributed by atoms with van der Waals surface area (Å²) in [6.07, 6.45) is 3.97. The monoisotopic (exact) mass is 274 g/mol. The van der Waals surface area contributed by atoms with Gasteiger partial charge in [0.1, 0.15) is 0 Å². The molecule has 0 spiro atoms. The molecule has 1 aromatic rings. The van der Waals surface area contributed by atoms with Crippen molar-refractivity contribution in [1.29, 1.82) is 0 Å². The minimum atomic E-state index is 0.243. The first kappa shape index (κ1) is 15.0. The van der Waals surface area contributed by atoms with Crippen LogP contribution in [0, 0.1) is 12.8 Å². The van der Waals surface area contributed by atoms with E-state index < -0.39 is 0 Å². The number of amides is 1. The van der Waals surface area contributed by atoms with Gasteiger partial charge in [0.05, 0.1) is 6.42 Å². The summed E-state index contributed by atoms with van der Waals surface area (Å²) < 4.78 is 0. The quantitative estimate of drug-likeness (QED) is 0.896. The first-order valence-corrected chi connectivity index (χ1v) is 7.71. The molecular weight excluding hydrogens is 248 g/mol. The van der Waals surface area contributed by atoms with Gasteiger partial charge >= 0.3 is 0 Å². The summed E-state index contributed by atoms with van der Waals surface area (Å²) in [5, 5.41) is 0. The smallest absolute Gasteiger partial charge is 0.227 e. The number of carbonyl (C=O) groups excluding carboxylic acids is 1. The summed E-state index contributed by atoms with van der Waals surface area (Å²) in [6, 6.07) is 8.49. The van der Waals surface area contributed by atoms with E-state index in [0.29, 0.717) is 24.9 Å². The van der Waals surface area contributed by atoms with Crippen molar-refractivity contribution in [2.24, 2.45) is 11.7 Å². The number of hydrogen-bond acceptors (Lipinski definition) is 2. The maximum atomic E-state index is 12.6. The van der Waals surface area contributed by atoms with Crippen molar-refractivity contribution in [3.05, 3.63) is 35.4 Å². The normalized spacial score (nSPS) is 21.9. The Bertz CT molecular complexity index is 458. The molecule has 1 aromatic carbocycles. The third-order valence-electron chi connectivity index (χ3n) is 4.59. The van der Waals surface area contributed by atoms with Crippen LogP contribution in [0.25, 0.3) is 0 Å². The molecule has 2 unspecified atom stereocenters. The summed E-state index contributed by atoms with van der Waals surface area (Å²) in [4.78, 5) is 14.7. The van der Waals surface area contributed by atoms with Crippen molar-refractivity contribution in [1.82, 2.24) is 4.90 Å². The van der Waals surface area contributed by atoms with Crippen LogP contribution in [0.1, 0.15) is 37.3 Å². The first-order valence-electron chi connectivity index (χ1n) is 7.71. The van der Waals surface area contributed by atoms with Crippen molar-refractivity contribution < 1.29 is 4.79 Å². The summed E-state index contributed by atoms with van der Waals surface area (Å²) >= 11 is 0. The Kier molecular flexibility index (Phi) is 5.18. The molecule has 0 aliphatic heterocycles. The molecule has 1 saturated carbocycles. The highest BCUT2D eigenvalue weighted by Crippen LogP contribution is 2.29. The third-order valence-corrected chi connectivity index (χ3v) is 4.59. The highest BCUT2D eigenvalue weighted by Gasteiger charge is 2.32. The van der Waals surface area contributed by atoms with Crippen LogP contribution in [0.5, 0.6) is 0 Å². The lowest BCUT2D eigenvalue weighted by atomic mass is 10.0. The maximum absolute atomic E-state index is 12.6. The Morgan fingerprint density at radius 2 is 2.10 bits per heavy atom. The molecule has 20 heavy (non-hydrogen) atoms. The van der Waals surface area contributed by atoms with Crippen LogP contribution in [0.2, 0.25) is 0 Å². The molecule has 0 heterocycles. The van der Waals surface area contributed by atoms with E-state index in [1.165, 1.54) is 12.0 Å². The molecule has 110 valence electrons. The van der Waals surface area contributed by atoms with E-state index >= 15 is 0 Å². The minimum absolute atomic E-state index is 0.243. The number of nitrogens with two attached hydrogens (primary N) is 1. The Morgan fingerprint density at radius 1 is 1.35 bits per heavy atom. The van der Waals surface area contributed by atoms with Crippen LogP contribution in [0.4, 0.5) is 0 Å². The molecule has 3 nitrogen and oxygen atoms in total. The zero-order valence-corrected chi connectivity index (χ0v) is 12.6. The highest BCUT2D eigenvalue weighted by atomic mass is 16.2. The number of benzene rings is 1. The van der Waals surface area contributed by atoms with E-state index in [9.17, 15) is 4.79 Å². The zero-order chi connectivity index (χ0) is 14.5. The van der Waals surface area contributed by atoms with Gasteiger partial charge in [-0.05, 0) is 50.3 Å². The molecule has 1 aliphatic rings. The first-order chi connectivity index (χ1) is 9.67. The molecule has 2 atom stereocenters. The van der Waals surface area contributed by atoms with Crippen LogP contribution in [0.15, 0.2) is 24.3 Å². The van der Waals surface area contributed by atoms with Crippen LogP contribution < -0.4 is 5.73 Å². The summed E-state index contributed by atoms with van der Waals surface area (Å²) in [7, 11) is 0. The number of nitrogens with zero attached hydrogens (tertiary/aromatic N) is 1. The Morgan fingerprint density at radius 3 is 2.75 bits per heavy atom. The molecule has 1 fully saturated rings. The van der Waals surface area contributed by atoms with E-state index in [4.69, 9.17) is 5.73 Å². The zero-order valence-electron chi connectivity index (χ0n) is 12.6. The van der Waals surface area contributed by atoms with Crippen LogP contribution in [-0.4, -0.2) is 29.9 Å². The molecule has 3 heteroatoms. The molecule has 0 aromatic heterocycles. The second-order valence-electron chi connectivity index (χ2n) is 5.78. The van der Waals surface area contributed by atoms with E-state index in [0.717, 1.165) is 24.9 Å². The van der Waals surface area contributed by atoms with E-state index in [1.807, 2.05) is 12.1 Å². The van der Waals surface area contributed by atoms with E-state index in [-0.39, 0.29) is 5.91 Å². The van der Waals surface area contributed by atoms with Crippen molar-refractivity contribution in [2.75, 3.05) is 13.1 Å². The predicted octanol–water partition coefficient (Wildman–Crippen LogP) is 2.51. The van der Waals surface area contributed by atoms with Gasteiger partial charge in [-0.25, -0.2) is 0 Å². The van der Waals surface area contributed by atoms with Gasteiger partial charge in [-0.2, -0.15) is 0 Å². The Labute approximate surface area is 122 Å². The molecule has 0 radical (unpaired) electrons. The molecule has 2 N–H and O–H groups in total. The van der Waals surface area contributed by atoms with Crippen molar-refractivity contribution in [3.63, 3.8) is 0 Å². The fourth-order valence-electron chi connectivity index (χ4n) is 3.37. The van der Waals surface area contributed by atoms with Gasteiger partial charge < -0.3 is 10.6 Å². The van der Waals surface area contributed by atoms with Crippen molar-refractivity contribution >= 4 is 5.91 Å². The second-order valence-corrected chi connectivity index (χ2v) is 5.78. The van der Waals surface area contributed by atoms with Gasteiger partial charge in [-0.1, -0.05) is 30.7 Å². The Hall–Kier alpha value is -1.35. The number of likely N-dealkylation sites (N-methyl/N-ethyl adjacent to an activating group) is 1. The van der Waals surface area contributed by atoms with E-state index in [1.54, 1.807) is 0 Å². The second kappa shape index (κ2) is 6.89. The lowest BCUT2D eigenvalue weighted by molar-refractivity contribution is -0.133. The molecule has 2 rings (SSSR count). The summed E-state index contributed by atoms with van der Waals surface area (Å²) in [5.41, 5.74) is 8.19. The number of rotatable bonds is 5. The number of hydrogen-bond donors (Lipinski definition) is 1. The molecule has 0 bridgehead atoms. The largest absolute Gasteiger partial charge is 0.339 e. The van der Waals surface area contributed by atoms with Gasteiger partial charge in [0.15, 0.2) is 0 Å². The average molecular weight is 274 g/mol. The SMILES string of the molecule is CCN(C(=O)Cc1ccccc1C)C1CCCC1CN. The fourth-order valence-corrected chi connectivity index (χ4v) is 3.37. The predicted molar refractivity (Wildman–Crippen MR) is 82.5 cm³/mol. The maximum Gasteiger partial charge on any atom is 0.227 e.